The molecule has 256 valence electrons. The molecule has 1 atom stereocenters. The summed E-state index contributed by atoms with van der Waals surface area (Å²) < 4.78 is 9.86. The van der Waals surface area contributed by atoms with E-state index < -0.39 is 16.9 Å². The van der Waals surface area contributed by atoms with Gasteiger partial charge in [0.1, 0.15) is 11.4 Å². The zero-order chi connectivity index (χ0) is 35.3. The van der Waals surface area contributed by atoms with Gasteiger partial charge in [-0.05, 0) is 47.4 Å². The highest BCUT2D eigenvalue weighted by atomic mass is 16.6. The van der Waals surface area contributed by atoms with Crippen molar-refractivity contribution in [2.24, 2.45) is 0 Å². The van der Waals surface area contributed by atoms with Crippen molar-refractivity contribution in [2.45, 2.75) is 38.6 Å². The normalized spacial score (nSPS) is 11.7. The van der Waals surface area contributed by atoms with E-state index in [4.69, 9.17) is 9.47 Å². The zero-order valence-electron chi connectivity index (χ0n) is 28.1. The van der Waals surface area contributed by atoms with Gasteiger partial charge in [-0.25, -0.2) is 19.6 Å². The molecule has 0 saturated carbocycles. The van der Waals surface area contributed by atoms with Crippen LogP contribution in [-0.2, 0) is 42.1 Å². The lowest BCUT2D eigenvalue weighted by Gasteiger charge is -2.36. The molecule has 0 radical (unpaired) electrons. The van der Waals surface area contributed by atoms with E-state index in [-0.39, 0.29) is 23.1 Å². The van der Waals surface area contributed by atoms with Crippen molar-refractivity contribution in [3.63, 3.8) is 0 Å². The van der Waals surface area contributed by atoms with Crippen molar-refractivity contribution in [1.29, 1.82) is 0 Å². The largest absolute Gasteiger partial charge is 0.464 e. The molecular weight excluding hydrogens is 634 g/mol. The third-order valence-electron chi connectivity index (χ3n) is 8.23. The van der Waals surface area contributed by atoms with Crippen LogP contribution in [0.3, 0.4) is 0 Å². The van der Waals surface area contributed by atoms with E-state index in [1.807, 2.05) is 48.5 Å². The van der Waals surface area contributed by atoms with Crippen LogP contribution in [0.15, 0.2) is 121 Å². The van der Waals surface area contributed by atoms with Crippen LogP contribution in [0, 0.1) is 10.1 Å². The Labute approximate surface area is 291 Å². The summed E-state index contributed by atoms with van der Waals surface area (Å²) >= 11 is 0. The van der Waals surface area contributed by atoms with Crippen LogP contribution in [0.5, 0.6) is 0 Å². The van der Waals surface area contributed by atoms with Gasteiger partial charge in [0, 0.05) is 50.9 Å². The second-order valence-electron chi connectivity index (χ2n) is 11.8. The number of carbonyl (C=O) groups excluding carboxylic acids is 2. The Morgan fingerprint density at radius 3 is 1.68 bits per heavy atom. The van der Waals surface area contributed by atoms with Gasteiger partial charge in [0.05, 0.1) is 30.5 Å². The highest BCUT2D eigenvalue weighted by Crippen LogP contribution is 2.22. The quantitative estimate of drug-likeness (QED) is 0.0671. The minimum Gasteiger partial charge on any atom is -0.464 e. The smallest absolute Gasteiger partial charge is 0.356 e. The number of nitro benzene ring substituents is 1. The van der Waals surface area contributed by atoms with E-state index >= 15 is 0 Å². The first kappa shape index (κ1) is 35.5. The van der Waals surface area contributed by atoms with Crippen LogP contribution < -0.4 is 0 Å². The molecule has 3 aromatic carbocycles. The van der Waals surface area contributed by atoms with Crippen LogP contribution >= 0.6 is 0 Å². The number of hydrogen-bond acceptors (Lipinski definition) is 10. The molecule has 0 spiro atoms. The molecule has 11 nitrogen and oxygen atoms in total. The number of aromatic nitrogens is 2. The van der Waals surface area contributed by atoms with Gasteiger partial charge < -0.3 is 9.47 Å². The Bertz CT molecular complexity index is 1870. The SMILES string of the molecule is COC(=O)c1cccc(CN(Cc2ccccc2)C[C@H](Cc2ccc([N+](=O)[O-])cc2)N(Cc2ccccc2)Cc2cccc(C(=O)OC)n2)n1. The Morgan fingerprint density at radius 2 is 1.16 bits per heavy atom. The number of non-ortho nitro benzene ring substituents is 1. The predicted octanol–water partition coefficient (Wildman–Crippen LogP) is 6.27. The molecule has 5 aromatic rings. The van der Waals surface area contributed by atoms with Gasteiger partial charge in [0.2, 0.25) is 0 Å². The molecule has 5 rings (SSSR count). The fraction of sp³-hybridized carbons (Fsp3) is 0.231. The molecule has 0 amide bonds. The van der Waals surface area contributed by atoms with Crippen molar-refractivity contribution in [3.05, 3.63) is 171 Å². The number of hydrogen-bond donors (Lipinski definition) is 0. The average molecular weight is 674 g/mol. The van der Waals surface area contributed by atoms with Crippen molar-refractivity contribution in [1.82, 2.24) is 19.8 Å². The van der Waals surface area contributed by atoms with E-state index in [9.17, 15) is 19.7 Å². The molecule has 2 heterocycles. The summed E-state index contributed by atoms with van der Waals surface area (Å²) in [6.07, 6.45) is 0.558. The van der Waals surface area contributed by atoms with Gasteiger partial charge in [0.15, 0.2) is 0 Å². The summed E-state index contributed by atoms with van der Waals surface area (Å²) in [5.74, 6) is -1.02. The molecule has 0 aliphatic heterocycles. The first-order chi connectivity index (χ1) is 24.3. The van der Waals surface area contributed by atoms with Crippen LogP contribution in [0.25, 0.3) is 0 Å². The van der Waals surface area contributed by atoms with E-state index in [1.54, 1.807) is 36.4 Å². The van der Waals surface area contributed by atoms with Crippen LogP contribution in [-0.4, -0.2) is 63.4 Å². The number of ether oxygens (including phenoxy) is 2. The summed E-state index contributed by atoms with van der Waals surface area (Å²) in [6, 6.07) is 37.3. The summed E-state index contributed by atoms with van der Waals surface area (Å²) in [7, 11) is 2.66. The fourth-order valence-electron chi connectivity index (χ4n) is 5.80. The van der Waals surface area contributed by atoms with Gasteiger partial charge in [-0.3, -0.25) is 19.9 Å². The number of benzene rings is 3. The van der Waals surface area contributed by atoms with Crippen molar-refractivity contribution in [2.75, 3.05) is 20.8 Å². The topological polar surface area (TPSA) is 128 Å². The van der Waals surface area contributed by atoms with Crippen molar-refractivity contribution < 1.29 is 24.0 Å². The lowest BCUT2D eigenvalue weighted by atomic mass is 10.0. The highest BCUT2D eigenvalue weighted by molar-refractivity contribution is 5.87. The van der Waals surface area contributed by atoms with E-state index in [1.165, 1.54) is 26.4 Å². The third kappa shape index (κ3) is 10.1. The number of carbonyl (C=O) groups is 2. The zero-order valence-corrected chi connectivity index (χ0v) is 28.1. The predicted molar refractivity (Wildman–Crippen MR) is 188 cm³/mol. The Balaban J connectivity index is 1.55. The van der Waals surface area contributed by atoms with Crippen LogP contribution in [0.4, 0.5) is 5.69 Å². The van der Waals surface area contributed by atoms with Crippen molar-refractivity contribution >= 4 is 17.6 Å². The number of nitro groups is 1. The first-order valence-corrected chi connectivity index (χ1v) is 16.2. The number of methoxy groups -OCH3 is 2. The molecule has 0 saturated heterocycles. The maximum absolute atomic E-state index is 12.4. The van der Waals surface area contributed by atoms with Gasteiger partial charge in [-0.1, -0.05) is 84.9 Å². The molecule has 11 heteroatoms. The number of pyridine rings is 2. The van der Waals surface area contributed by atoms with Crippen molar-refractivity contribution in [3.8, 4) is 0 Å². The standard InChI is InChI=1S/C39H39N5O6/c1-49-38(45)36-17-9-15-32(40-36)26-42(24-30-11-5-3-6-12-30)28-35(23-29-19-21-34(22-20-29)44(47)48)43(25-31-13-7-4-8-14-31)27-33-16-10-18-37(41-33)39(46)50-2/h3-22,35H,23-28H2,1-2H3/t35-/m0/s1. The van der Waals surface area contributed by atoms with E-state index in [2.05, 4.69) is 44.0 Å². The summed E-state index contributed by atoms with van der Waals surface area (Å²) in [4.78, 5) is 49.6. The molecule has 0 fully saturated rings. The molecule has 0 N–H and O–H groups in total. The summed E-state index contributed by atoms with van der Waals surface area (Å²) in [6.45, 7) is 2.56. The lowest BCUT2D eigenvalue weighted by molar-refractivity contribution is -0.384. The van der Waals surface area contributed by atoms with E-state index in [0.717, 1.165) is 16.7 Å². The summed E-state index contributed by atoms with van der Waals surface area (Å²) in [5, 5.41) is 11.4. The molecular formula is C39H39N5O6. The maximum Gasteiger partial charge on any atom is 0.356 e. The maximum atomic E-state index is 12.4. The Kier molecular flexibility index (Phi) is 12.5. The number of esters is 2. The van der Waals surface area contributed by atoms with Gasteiger partial charge in [-0.15, -0.1) is 0 Å². The lowest BCUT2D eigenvalue weighted by Crippen LogP contribution is -2.44. The molecule has 0 aliphatic carbocycles. The van der Waals surface area contributed by atoms with Gasteiger partial charge >= 0.3 is 11.9 Å². The Hall–Kier alpha value is -5.78. The summed E-state index contributed by atoms with van der Waals surface area (Å²) in [5.41, 5.74) is 5.01. The number of nitrogens with zero attached hydrogens (tertiary/aromatic N) is 5. The third-order valence-corrected chi connectivity index (χ3v) is 8.23. The molecule has 0 bridgehead atoms. The minimum absolute atomic E-state index is 0.0255. The monoisotopic (exact) mass is 673 g/mol. The second-order valence-corrected chi connectivity index (χ2v) is 11.8. The second kappa shape index (κ2) is 17.6. The van der Waals surface area contributed by atoms with Crippen LogP contribution in [0.1, 0.15) is 49.1 Å². The van der Waals surface area contributed by atoms with Crippen LogP contribution in [0.2, 0.25) is 0 Å². The molecule has 0 aliphatic rings. The van der Waals surface area contributed by atoms with Gasteiger partial charge in [-0.2, -0.15) is 0 Å². The average Bonchev–Trinajstić information content (AvgIpc) is 3.15. The molecule has 2 aromatic heterocycles. The molecule has 50 heavy (non-hydrogen) atoms. The molecule has 0 unspecified atom stereocenters. The fourth-order valence-corrected chi connectivity index (χ4v) is 5.80. The Morgan fingerprint density at radius 1 is 0.640 bits per heavy atom. The van der Waals surface area contributed by atoms with E-state index in [0.29, 0.717) is 50.5 Å². The highest BCUT2D eigenvalue weighted by Gasteiger charge is 2.25. The van der Waals surface area contributed by atoms with Gasteiger partial charge in [0.25, 0.3) is 5.69 Å². The number of rotatable bonds is 16. The first-order valence-electron chi connectivity index (χ1n) is 16.2. The minimum atomic E-state index is -0.514.